The van der Waals surface area contributed by atoms with Crippen LogP contribution in [0.1, 0.15) is 18.4 Å². The Labute approximate surface area is 267 Å². The molecule has 3 N–H and O–H groups in total. The Hall–Kier alpha value is -5.39. The van der Waals surface area contributed by atoms with E-state index in [0.29, 0.717) is 36.7 Å². The van der Waals surface area contributed by atoms with Gasteiger partial charge in [0.1, 0.15) is 23.1 Å². The zero-order valence-electron chi connectivity index (χ0n) is 25.9. The molecule has 2 aromatic carbocycles. The predicted molar refractivity (Wildman–Crippen MR) is 183 cm³/mol. The van der Waals surface area contributed by atoms with Crippen LogP contribution in [-0.2, 0) is 0 Å². The number of halogens is 2. The standard InChI is InChI=1S/C34H36F2N10/c1-20-14-24-27-8-6-9-31(43-27)42-23-17-30(21(2)44(5)13-7-12-40-32(24)28(15-20)38-3)45(19-23)34(39-4)25-18-41-46(33(25)37)29-11-10-22(35)16-26(29)36/h6,8-11,14-16,18,23,30,37,40H,2-4,7,12-13,17,19H2,1,5H3,(H,42,43)/b34-25+,37-33?. The number of amidine groups is 1. The molecule has 46 heavy (non-hydrogen) atoms. The number of hydrazone groups is 1. The lowest BCUT2D eigenvalue weighted by molar-refractivity contribution is 0.283. The molecule has 12 heteroatoms. The number of nitrogens with one attached hydrogen (secondary N) is 3. The fraction of sp³-hybridized carbons (Fsp3) is 0.265. The van der Waals surface area contributed by atoms with Crippen molar-refractivity contribution in [1.82, 2.24) is 14.8 Å². The number of likely N-dealkylation sites (tertiary alicyclic amines) is 1. The highest BCUT2D eigenvalue weighted by molar-refractivity contribution is 6.24. The summed E-state index contributed by atoms with van der Waals surface area (Å²) in [5.74, 6) is -0.470. The van der Waals surface area contributed by atoms with Gasteiger partial charge in [-0.1, -0.05) is 12.6 Å². The molecule has 2 unspecified atom stereocenters. The van der Waals surface area contributed by atoms with Gasteiger partial charge in [0.15, 0.2) is 11.7 Å². The van der Waals surface area contributed by atoms with Crippen molar-refractivity contribution >= 4 is 48.4 Å². The van der Waals surface area contributed by atoms with E-state index in [4.69, 9.17) is 10.4 Å². The number of likely N-dealkylation sites (N-methyl/N-ethyl adjacent to an activating group) is 1. The quantitative estimate of drug-likeness (QED) is 0.300. The molecule has 0 radical (unpaired) electrons. The summed E-state index contributed by atoms with van der Waals surface area (Å²) in [6, 6.07) is 12.9. The predicted octanol–water partition coefficient (Wildman–Crippen LogP) is 6.18. The van der Waals surface area contributed by atoms with E-state index in [1.165, 1.54) is 12.3 Å². The smallest absolute Gasteiger partial charge is 0.159 e. The number of hydrogen-bond donors (Lipinski definition) is 3. The molecule has 0 aliphatic carbocycles. The Morgan fingerprint density at radius 1 is 1.13 bits per heavy atom. The van der Waals surface area contributed by atoms with Crippen LogP contribution in [-0.4, -0.2) is 79.0 Å². The molecule has 3 aliphatic heterocycles. The van der Waals surface area contributed by atoms with Crippen LogP contribution in [0.3, 0.4) is 0 Å². The van der Waals surface area contributed by atoms with E-state index in [-0.39, 0.29) is 23.6 Å². The van der Waals surface area contributed by atoms with Crippen LogP contribution in [0.15, 0.2) is 87.3 Å². The minimum Gasteiger partial charge on any atom is -0.383 e. The van der Waals surface area contributed by atoms with Gasteiger partial charge in [-0.2, -0.15) is 5.10 Å². The molecule has 2 atom stereocenters. The van der Waals surface area contributed by atoms with E-state index in [9.17, 15) is 8.78 Å². The van der Waals surface area contributed by atoms with E-state index in [2.05, 4.69) is 61.6 Å². The Balaban J connectivity index is 1.36. The normalized spacial score (nSPS) is 20.8. The molecule has 3 aliphatic rings. The molecular weight excluding hydrogens is 586 g/mol. The summed E-state index contributed by atoms with van der Waals surface area (Å²) in [6.45, 7) is 16.1. The first kappa shape index (κ1) is 30.6. The number of hydrogen-bond acceptors (Lipinski definition) is 9. The van der Waals surface area contributed by atoms with Crippen LogP contribution in [0, 0.1) is 24.0 Å². The van der Waals surface area contributed by atoms with E-state index in [0.717, 1.165) is 64.0 Å². The van der Waals surface area contributed by atoms with Gasteiger partial charge >= 0.3 is 0 Å². The first-order valence-electron chi connectivity index (χ1n) is 15.0. The number of fused-ring (bicyclic) bond motifs is 6. The highest BCUT2D eigenvalue weighted by Gasteiger charge is 2.39. The van der Waals surface area contributed by atoms with E-state index in [1.54, 1.807) is 0 Å². The largest absolute Gasteiger partial charge is 0.383 e. The number of pyridine rings is 1. The molecule has 3 aromatic rings. The first-order chi connectivity index (χ1) is 22.2. The third kappa shape index (κ3) is 5.73. The highest BCUT2D eigenvalue weighted by atomic mass is 19.1. The molecule has 1 aromatic heterocycles. The summed E-state index contributed by atoms with van der Waals surface area (Å²) < 4.78 is 28.2. The number of benzene rings is 2. The van der Waals surface area contributed by atoms with Gasteiger partial charge in [-0.05, 0) is 75.2 Å². The molecule has 0 amide bonds. The fourth-order valence-electron chi connectivity index (χ4n) is 6.25. The number of aliphatic imine (C=N–C) groups is 2. The summed E-state index contributed by atoms with van der Waals surface area (Å²) in [4.78, 5) is 17.9. The fourth-order valence-corrected chi connectivity index (χ4v) is 6.25. The minimum absolute atomic E-state index is 0.0310. The molecule has 10 nitrogen and oxygen atoms in total. The van der Waals surface area contributed by atoms with Gasteiger partial charge in [0.25, 0.3) is 0 Å². The maximum Gasteiger partial charge on any atom is 0.159 e. The van der Waals surface area contributed by atoms with E-state index in [1.807, 2.05) is 38.2 Å². The van der Waals surface area contributed by atoms with Crippen molar-refractivity contribution in [2.45, 2.75) is 31.8 Å². The molecule has 4 heterocycles. The number of rotatable bonds is 4. The lowest BCUT2D eigenvalue weighted by Crippen LogP contribution is -2.37. The lowest BCUT2D eigenvalue weighted by Gasteiger charge is -2.33. The van der Waals surface area contributed by atoms with Crippen molar-refractivity contribution in [3.05, 3.63) is 89.4 Å². The minimum atomic E-state index is -0.818. The third-order valence-corrected chi connectivity index (χ3v) is 8.53. The van der Waals surface area contributed by atoms with Crippen molar-refractivity contribution in [3.8, 4) is 11.3 Å². The maximum absolute atomic E-state index is 14.6. The molecular formula is C34H36F2N10. The molecule has 0 spiro atoms. The first-order valence-corrected chi connectivity index (χ1v) is 15.0. The summed E-state index contributed by atoms with van der Waals surface area (Å²) in [6.07, 6.45) is 2.97. The molecule has 1 fully saturated rings. The number of aromatic nitrogens is 1. The zero-order valence-corrected chi connectivity index (χ0v) is 25.9. The average Bonchev–Trinajstić information content (AvgIpc) is 3.62. The number of anilines is 3. The van der Waals surface area contributed by atoms with Gasteiger partial charge in [0.05, 0.1) is 34.9 Å². The maximum atomic E-state index is 14.6. The second-order valence-electron chi connectivity index (χ2n) is 11.6. The summed E-state index contributed by atoms with van der Waals surface area (Å²) in [5, 5.41) is 21.5. The van der Waals surface area contributed by atoms with Gasteiger partial charge < -0.3 is 20.4 Å². The van der Waals surface area contributed by atoms with E-state index >= 15 is 0 Å². The van der Waals surface area contributed by atoms with Crippen LogP contribution in [0.4, 0.5) is 31.7 Å². The molecule has 0 saturated carbocycles. The average molecular weight is 623 g/mol. The van der Waals surface area contributed by atoms with Crippen molar-refractivity contribution in [2.75, 3.05) is 42.3 Å². The molecule has 4 bridgehead atoms. The Bertz CT molecular complexity index is 1800. The lowest BCUT2D eigenvalue weighted by atomic mass is 10.0. The highest BCUT2D eigenvalue weighted by Crippen LogP contribution is 2.38. The van der Waals surface area contributed by atoms with Gasteiger partial charge in [-0.3, -0.25) is 10.4 Å². The van der Waals surface area contributed by atoms with Crippen LogP contribution in [0.2, 0.25) is 0 Å². The second kappa shape index (κ2) is 12.5. The van der Waals surface area contributed by atoms with Crippen molar-refractivity contribution in [1.29, 1.82) is 5.41 Å². The van der Waals surface area contributed by atoms with Crippen LogP contribution in [0.5, 0.6) is 0 Å². The monoisotopic (exact) mass is 622 g/mol. The van der Waals surface area contributed by atoms with Crippen LogP contribution >= 0.6 is 0 Å². The molecule has 6 rings (SSSR count). The zero-order chi connectivity index (χ0) is 32.5. The topological polar surface area (TPSA) is 108 Å². The number of nitrogens with zero attached hydrogens (tertiary/aromatic N) is 7. The Morgan fingerprint density at radius 3 is 2.72 bits per heavy atom. The number of aryl methyl sites for hydroxylation is 1. The Morgan fingerprint density at radius 2 is 1.96 bits per heavy atom. The van der Waals surface area contributed by atoms with Crippen molar-refractivity contribution in [3.63, 3.8) is 0 Å². The van der Waals surface area contributed by atoms with Crippen molar-refractivity contribution in [2.24, 2.45) is 15.1 Å². The van der Waals surface area contributed by atoms with Gasteiger partial charge in [0.2, 0.25) is 0 Å². The van der Waals surface area contributed by atoms with Gasteiger partial charge in [-0.25, -0.2) is 23.8 Å². The van der Waals surface area contributed by atoms with Crippen molar-refractivity contribution < 1.29 is 8.78 Å². The molecule has 236 valence electrons. The summed E-state index contributed by atoms with van der Waals surface area (Å²) in [7, 11) is 2.02. The van der Waals surface area contributed by atoms with Gasteiger partial charge in [0, 0.05) is 50.1 Å². The Kier molecular flexibility index (Phi) is 8.35. The molecule has 1 saturated heterocycles. The SMILES string of the molecule is C=N/C(=C1/C=NN(c2ccc(F)cc2F)C1=N)N1CC2CC1C(=C)N(C)CCCNc1c(N=C)cc(C)cc1-c1cccc(n1)N2. The third-order valence-electron chi connectivity index (χ3n) is 8.53. The van der Waals surface area contributed by atoms with Crippen LogP contribution < -0.4 is 15.6 Å². The van der Waals surface area contributed by atoms with E-state index < -0.39 is 11.6 Å². The summed E-state index contributed by atoms with van der Waals surface area (Å²) in [5.41, 5.74) is 5.73. The van der Waals surface area contributed by atoms with Gasteiger partial charge in [-0.15, -0.1) is 0 Å². The second-order valence-corrected chi connectivity index (χ2v) is 11.6. The summed E-state index contributed by atoms with van der Waals surface area (Å²) >= 11 is 0. The van der Waals surface area contributed by atoms with Crippen LogP contribution in [0.25, 0.3) is 11.3 Å².